The smallest absolute Gasteiger partial charge is 0.335 e. The molecule has 0 unspecified atom stereocenters. The van der Waals surface area contributed by atoms with Gasteiger partial charge in [-0.1, -0.05) is 0 Å². The Hall–Kier alpha value is -3.81. The third kappa shape index (κ3) is 3.80. The summed E-state index contributed by atoms with van der Waals surface area (Å²) in [4.78, 5) is 30.8. The van der Waals surface area contributed by atoms with Crippen molar-refractivity contribution in [2.45, 2.75) is 13.8 Å². The highest BCUT2D eigenvalue weighted by Gasteiger charge is 2.14. The number of H-pyrrole nitrogens is 1. The van der Waals surface area contributed by atoms with Crippen LogP contribution in [0.1, 0.15) is 18.1 Å². The van der Waals surface area contributed by atoms with E-state index in [2.05, 4.69) is 9.98 Å². The molecule has 0 saturated carbocycles. The number of rotatable bonds is 5. The molecule has 0 bridgehead atoms. The predicted octanol–water partition coefficient (Wildman–Crippen LogP) is 2.39. The van der Waals surface area contributed by atoms with Crippen molar-refractivity contribution >= 4 is 11.9 Å². The van der Waals surface area contributed by atoms with E-state index in [1.807, 2.05) is 6.92 Å². The second kappa shape index (κ2) is 7.83. The first-order valence-electron chi connectivity index (χ1n) is 8.56. The molecule has 1 aromatic heterocycles. The lowest BCUT2D eigenvalue weighted by Gasteiger charge is -2.10. The fraction of sp³-hybridized carbons (Fsp3) is 0.150. The SMILES string of the molecule is CCOc1ccc(-n2c(O)c(C=Nc3ccc(O)cc3C)c(=O)[nH]c2=O)cc1. The van der Waals surface area contributed by atoms with Crippen LogP contribution in [0.5, 0.6) is 17.4 Å². The molecule has 0 amide bonds. The summed E-state index contributed by atoms with van der Waals surface area (Å²) >= 11 is 0. The van der Waals surface area contributed by atoms with Gasteiger partial charge in [0.15, 0.2) is 0 Å². The third-order valence-corrected chi connectivity index (χ3v) is 4.04. The van der Waals surface area contributed by atoms with Gasteiger partial charge in [0.25, 0.3) is 5.56 Å². The van der Waals surface area contributed by atoms with E-state index >= 15 is 0 Å². The zero-order valence-corrected chi connectivity index (χ0v) is 15.3. The van der Waals surface area contributed by atoms with Gasteiger partial charge in [-0.2, -0.15) is 0 Å². The van der Waals surface area contributed by atoms with Crippen molar-refractivity contribution in [3.63, 3.8) is 0 Å². The third-order valence-electron chi connectivity index (χ3n) is 4.04. The average molecular weight is 381 g/mol. The van der Waals surface area contributed by atoms with Crippen LogP contribution in [0.2, 0.25) is 0 Å². The van der Waals surface area contributed by atoms with E-state index in [-0.39, 0.29) is 11.3 Å². The molecule has 0 aliphatic heterocycles. The highest BCUT2D eigenvalue weighted by atomic mass is 16.5. The van der Waals surface area contributed by atoms with Crippen molar-refractivity contribution in [1.29, 1.82) is 0 Å². The Bertz CT molecular complexity index is 1140. The van der Waals surface area contributed by atoms with Gasteiger partial charge >= 0.3 is 5.69 Å². The maximum Gasteiger partial charge on any atom is 0.335 e. The maximum absolute atomic E-state index is 12.2. The standard InChI is InChI=1S/C20H19N3O5/c1-3-28-15-7-4-13(5-8-15)23-19(26)16(18(25)22-20(23)27)11-21-17-9-6-14(24)10-12(17)2/h4-11,24,26H,3H2,1-2H3,(H,22,25,27). The minimum absolute atomic E-state index is 0.0983. The normalized spacial score (nSPS) is 11.1. The number of phenolic OH excluding ortho intramolecular Hbond substituents is 1. The number of hydrogen-bond donors (Lipinski definition) is 3. The van der Waals surface area contributed by atoms with E-state index in [0.717, 1.165) is 4.57 Å². The van der Waals surface area contributed by atoms with Crippen LogP contribution in [0.3, 0.4) is 0 Å². The number of benzene rings is 2. The van der Waals surface area contributed by atoms with E-state index < -0.39 is 17.1 Å². The van der Waals surface area contributed by atoms with E-state index in [1.165, 1.54) is 18.3 Å². The molecule has 3 aromatic rings. The Labute approximate surface area is 160 Å². The van der Waals surface area contributed by atoms with Gasteiger partial charge in [-0.25, -0.2) is 9.36 Å². The number of aromatic amines is 1. The largest absolute Gasteiger partial charge is 0.508 e. The summed E-state index contributed by atoms with van der Waals surface area (Å²) in [5.41, 5.74) is -0.143. The molecule has 0 aliphatic carbocycles. The summed E-state index contributed by atoms with van der Waals surface area (Å²) < 4.78 is 6.33. The minimum atomic E-state index is -0.773. The average Bonchev–Trinajstić information content (AvgIpc) is 2.64. The van der Waals surface area contributed by atoms with Gasteiger partial charge in [-0.3, -0.25) is 14.8 Å². The van der Waals surface area contributed by atoms with Crippen LogP contribution in [0.15, 0.2) is 57.0 Å². The molecule has 0 atom stereocenters. The quantitative estimate of drug-likeness (QED) is 0.587. The fourth-order valence-electron chi connectivity index (χ4n) is 2.67. The molecule has 0 fully saturated rings. The number of nitrogens with one attached hydrogen (secondary N) is 1. The number of aromatic nitrogens is 2. The predicted molar refractivity (Wildman–Crippen MR) is 106 cm³/mol. The summed E-state index contributed by atoms with van der Waals surface area (Å²) in [7, 11) is 0. The number of ether oxygens (including phenoxy) is 1. The van der Waals surface area contributed by atoms with Crippen LogP contribution in [0.4, 0.5) is 5.69 Å². The highest BCUT2D eigenvalue weighted by Crippen LogP contribution is 2.23. The summed E-state index contributed by atoms with van der Waals surface area (Å²) in [6, 6.07) is 11.1. The van der Waals surface area contributed by atoms with Crippen LogP contribution in [0.25, 0.3) is 5.69 Å². The zero-order chi connectivity index (χ0) is 20.3. The van der Waals surface area contributed by atoms with Gasteiger partial charge in [0.05, 0.1) is 18.0 Å². The van der Waals surface area contributed by atoms with Gasteiger partial charge in [0.1, 0.15) is 17.1 Å². The maximum atomic E-state index is 12.2. The molecule has 2 aromatic carbocycles. The van der Waals surface area contributed by atoms with Gasteiger partial charge in [0, 0.05) is 6.21 Å². The van der Waals surface area contributed by atoms with Crippen LogP contribution in [-0.2, 0) is 0 Å². The minimum Gasteiger partial charge on any atom is -0.508 e. The highest BCUT2D eigenvalue weighted by molar-refractivity contribution is 5.84. The summed E-state index contributed by atoms with van der Waals surface area (Å²) in [6.45, 7) is 4.10. The second-order valence-electron chi connectivity index (χ2n) is 5.99. The summed E-state index contributed by atoms with van der Waals surface area (Å²) in [5, 5.41) is 20.0. The second-order valence-corrected chi connectivity index (χ2v) is 5.99. The molecule has 144 valence electrons. The van der Waals surface area contributed by atoms with E-state index in [0.29, 0.717) is 29.3 Å². The molecular formula is C20H19N3O5. The van der Waals surface area contributed by atoms with Crippen molar-refractivity contribution in [3.8, 4) is 23.1 Å². The molecule has 0 radical (unpaired) electrons. The first kappa shape index (κ1) is 19.0. The number of aryl methyl sites for hydroxylation is 1. The van der Waals surface area contributed by atoms with Crippen LogP contribution < -0.4 is 16.0 Å². The van der Waals surface area contributed by atoms with Crippen molar-refractivity contribution in [2.24, 2.45) is 4.99 Å². The zero-order valence-electron chi connectivity index (χ0n) is 15.3. The lowest BCUT2D eigenvalue weighted by Crippen LogP contribution is -2.31. The molecule has 8 nitrogen and oxygen atoms in total. The first-order valence-corrected chi connectivity index (χ1v) is 8.56. The van der Waals surface area contributed by atoms with Crippen molar-refractivity contribution in [2.75, 3.05) is 6.61 Å². The Morgan fingerprint density at radius 3 is 2.50 bits per heavy atom. The fourth-order valence-corrected chi connectivity index (χ4v) is 2.67. The van der Waals surface area contributed by atoms with Crippen molar-refractivity contribution < 1.29 is 14.9 Å². The molecule has 0 aliphatic rings. The summed E-state index contributed by atoms with van der Waals surface area (Å²) in [5.74, 6) is 0.187. The molecule has 8 heteroatoms. The van der Waals surface area contributed by atoms with Gasteiger partial charge in [0.2, 0.25) is 5.88 Å². The number of phenols is 1. The van der Waals surface area contributed by atoms with Crippen LogP contribution in [-0.4, -0.2) is 32.6 Å². The van der Waals surface area contributed by atoms with E-state index in [1.54, 1.807) is 37.3 Å². The topological polar surface area (TPSA) is 117 Å². The molecule has 0 saturated heterocycles. The van der Waals surface area contributed by atoms with Gasteiger partial charge < -0.3 is 14.9 Å². The Morgan fingerprint density at radius 2 is 1.86 bits per heavy atom. The molecule has 3 N–H and O–H groups in total. The van der Waals surface area contributed by atoms with E-state index in [9.17, 15) is 19.8 Å². The van der Waals surface area contributed by atoms with Crippen LogP contribution in [0, 0.1) is 6.92 Å². The van der Waals surface area contributed by atoms with Crippen LogP contribution >= 0.6 is 0 Å². The first-order chi connectivity index (χ1) is 13.4. The number of aromatic hydroxyl groups is 2. The number of nitrogens with zero attached hydrogens (tertiary/aromatic N) is 2. The number of hydrogen-bond acceptors (Lipinski definition) is 6. The molecule has 1 heterocycles. The van der Waals surface area contributed by atoms with Gasteiger partial charge in [-0.05, 0) is 61.9 Å². The lowest BCUT2D eigenvalue weighted by atomic mass is 10.2. The monoisotopic (exact) mass is 381 g/mol. The lowest BCUT2D eigenvalue weighted by molar-refractivity contribution is 0.340. The van der Waals surface area contributed by atoms with Crippen molar-refractivity contribution in [3.05, 3.63) is 74.4 Å². The van der Waals surface area contributed by atoms with Crippen molar-refractivity contribution in [1.82, 2.24) is 9.55 Å². The Kier molecular flexibility index (Phi) is 5.30. The molecule has 28 heavy (non-hydrogen) atoms. The molecule has 0 spiro atoms. The summed E-state index contributed by atoms with van der Waals surface area (Å²) in [6.07, 6.45) is 1.18. The van der Waals surface area contributed by atoms with Gasteiger partial charge in [-0.15, -0.1) is 0 Å². The van der Waals surface area contributed by atoms with E-state index in [4.69, 9.17) is 4.74 Å². The Morgan fingerprint density at radius 1 is 1.14 bits per heavy atom. The molecular weight excluding hydrogens is 362 g/mol. The molecule has 3 rings (SSSR count). The Balaban J connectivity index is 2.06. The number of aliphatic imine (C=N–C) groups is 1.